The van der Waals surface area contributed by atoms with Gasteiger partial charge in [0.25, 0.3) is 5.69 Å². The van der Waals surface area contributed by atoms with Gasteiger partial charge >= 0.3 is 0 Å². The summed E-state index contributed by atoms with van der Waals surface area (Å²) in [7, 11) is 1.68. The monoisotopic (exact) mass is 659 g/mol. The molecule has 2 N–H and O–H groups in total. The lowest BCUT2D eigenvalue weighted by Gasteiger charge is -2.43. The van der Waals surface area contributed by atoms with E-state index in [0.29, 0.717) is 24.3 Å². The summed E-state index contributed by atoms with van der Waals surface area (Å²) in [4.78, 5) is 39.2. The first kappa shape index (κ1) is 35.2. The molecule has 0 bridgehead atoms. The number of hydrogen-bond donors (Lipinski definition) is 2. The zero-order valence-electron chi connectivity index (χ0n) is 27.0. The number of carbonyl (C=O) groups is 2. The zero-order chi connectivity index (χ0) is 32.7. The summed E-state index contributed by atoms with van der Waals surface area (Å²) < 4.78 is 5.41. The average Bonchev–Trinajstić information content (AvgIpc) is 3.09. The van der Waals surface area contributed by atoms with E-state index in [2.05, 4.69) is 58.0 Å². The molecule has 0 spiro atoms. The van der Waals surface area contributed by atoms with Gasteiger partial charge in [-0.3, -0.25) is 19.7 Å². The lowest BCUT2D eigenvalue weighted by molar-refractivity contribution is -0.384. The van der Waals surface area contributed by atoms with Crippen LogP contribution in [0, 0.1) is 10.1 Å². The molecule has 3 aromatic rings. The molecule has 0 saturated carbocycles. The summed E-state index contributed by atoms with van der Waals surface area (Å²) in [5.74, 6) is 0.363. The van der Waals surface area contributed by atoms with Gasteiger partial charge in [-0.1, -0.05) is 54.6 Å². The maximum Gasteiger partial charge on any atom is 0.269 e. The predicted octanol–water partition coefficient (Wildman–Crippen LogP) is 5.85. The molecule has 2 heterocycles. The number of rotatable bonds is 13. The molecule has 5 rings (SSSR count). The third kappa shape index (κ3) is 7.50. The van der Waals surface area contributed by atoms with Crippen LogP contribution in [0.25, 0.3) is 0 Å². The maximum atomic E-state index is 12.6. The van der Waals surface area contributed by atoms with Crippen LogP contribution in [0.2, 0.25) is 0 Å². The van der Waals surface area contributed by atoms with E-state index >= 15 is 0 Å². The number of nitrogens with zero attached hydrogens (tertiary/aromatic N) is 3. The van der Waals surface area contributed by atoms with Crippen molar-refractivity contribution in [3.63, 3.8) is 0 Å². The second-order valence-electron chi connectivity index (χ2n) is 11.9. The van der Waals surface area contributed by atoms with Gasteiger partial charge in [-0.25, -0.2) is 0 Å². The Morgan fingerprint density at radius 2 is 1.62 bits per heavy atom. The van der Waals surface area contributed by atoms with Gasteiger partial charge in [0.05, 0.1) is 29.3 Å². The molecule has 1 atom stereocenters. The summed E-state index contributed by atoms with van der Waals surface area (Å²) in [5.41, 5.74) is 6.08. The molecule has 47 heavy (non-hydrogen) atoms. The van der Waals surface area contributed by atoms with Crippen LogP contribution in [-0.4, -0.2) is 60.8 Å². The minimum Gasteiger partial charge on any atom is -0.497 e. The van der Waals surface area contributed by atoms with Crippen LogP contribution in [-0.2, 0) is 15.0 Å². The maximum absolute atomic E-state index is 12.6. The number of dihydropyridines is 1. The Bertz CT molecular complexity index is 1600. The molecule has 2 aliphatic rings. The number of methoxy groups -OCH3 is 1. The van der Waals surface area contributed by atoms with Crippen LogP contribution in [0.15, 0.2) is 102 Å². The number of benzene rings is 3. The number of hydrogen-bond acceptors (Lipinski definition) is 7. The quantitative estimate of drug-likeness (QED) is 0.134. The number of nitro groups is 1. The number of amides is 2. The summed E-state index contributed by atoms with van der Waals surface area (Å²) in [6, 6.07) is 25.4. The SMILES string of the molecule is COc1ccc(C2(c3ccccc3)CCN(CCCN(C=O)C3=C(C)NC(C)=C(NC=O)C3c3ccc([N+](=O)[O-])cc3)CC2)cc1.Cl. The van der Waals surface area contributed by atoms with Crippen molar-refractivity contribution in [3.8, 4) is 5.75 Å². The van der Waals surface area contributed by atoms with Crippen molar-refractivity contribution >= 4 is 30.9 Å². The summed E-state index contributed by atoms with van der Waals surface area (Å²) >= 11 is 0. The van der Waals surface area contributed by atoms with Gasteiger partial charge in [0, 0.05) is 35.5 Å². The van der Waals surface area contributed by atoms with E-state index in [1.54, 1.807) is 24.1 Å². The predicted molar refractivity (Wildman–Crippen MR) is 184 cm³/mol. The van der Waals surface area contributed by atoms with E-state index in [-0.39, 0.29) is 23.5 Å². The molecular formula is C36H42ClN5O5. The number of likely N-dealkylation sites (tertiary alicyclic amines) is 1. The normalized spacial score (nSPS) is 17.6. The Morgan fingerprint density at radius 3 is 2.19 bits per heavy atom. The van der Waals surface area contributed by atoms with Gasteiger partial charge in [0.15, 0.2) is 0 Å². The molecule has 10 nitrogen and oxygen atoms in total. The van der Waals surface area contributed by atoms with Crippen molar-refractivity contribution in [3.05, 3.63) is 128 Å². The minimum atomic E-state index is -0.483. The highest BCUT2D eigenvalue weighted by molar-refractivity contribution is 5.85. The van der Waals surface area contributed by atoms with E-state index in [4.69, 9.17) is 4.74 Å². The van der Waals surface area contributed by atoms with Gasteiger partial charge in [0.1, 0.15) is 5.75 Å². The topological polar surface area (TPSA) is 117 Å². The highest BCUT2D eigenvalue weighted by atomic mass is 35.5. The fourth-order valence-electron chi connectivity index (χ4n) is 7.00. The van der Waals surface area contributed by atoms with Crippen molar-refractivity contribution in [2.24, 2.45) is 0 Å². The standard InChI is InChI=1S/C36H41N5O5.ClH/c1-26-34(37-24-42)33(28-10-14-31(15-11-28)41(44)45)35(27(2)38-26)40(25-43)21-7-20-39-22-18-36(19-23-39,29-8-5-4-6-9-29)30-12-16-32(46-3)17-13-30;/h4-6,8-17,24-25,33,38H,7,18-23H2,1-3H3,(H,37,42);1H. The third-order valence-electron chi connectivity index (χ3n) is 9.37. The third-order valence-corrected chi connectivity index (χ3v) is 9.37. The first-order chi connectivity index (χ1) is 22.3. The van der Waals surface area contributed by atoms with Crippen LogP contribution in [0.1, 0.15) is 55.7 Å². The number of halogens is 1. The number of nitrogens with one attached hydrogen (secondary N) is 2. The Kier molecular flexibility index (Phi) is 11.8. The number of non-ortho nitro benzene ring substituents is 1. The number of carbonyl (C=O) groups excluding carboxylic acids is 2. The number of allylic oxidation sites excluding steroid dienone is 2. The summed E-state index contributed by atoms with van der Waals surface area (Å²) in [5, 5.41) is 17.4. The van der Waals surface area contributed by atoms with E-state index in [1.165, 1.54) is 23.3 Å². The van der Waals surface area contributed by atoms with Gasteiger partial charge < -0.3 is 25.2 Å². The fraction of sp³-hybridized carbons (Fsp3) is 0.333. The lowest BCUT2D eigenvalue weighted by atomic mass is 9.68. The molecule has 2 aliphatic heterocycles. The smallest absolute Gasteiger partial charge is 0.269 e. The fourth-order valence-corrected chi connectivity index (χ4v) is 7.00. The Morgan fingerprint density at radius 1 is 0.979 bits per heavy atom. The van der Waals surface area contributed by atoms with Crippen LogP contribution in [0.5, 0.6) is 5.75 Å². The highest BCUT2D eigenvalue weighted by Crippen LogP contribution is 2.42. The van der Waals surface area contributed by atoms with Gasteiger partial charge in [0.2, 0.25) is 12.8 Å². The molecule has 248 valence electrons. The largest absolute Gasteiger partial charge is 0.497 e. The second kappa shape index (κ2) is 15.8. The van der Waals surface area contributed by atoms with Crippen molar-refractivity contribution in [1.29, 1.82) is 0 Å². The van der Waals surface area contributed by atoms with Crippen molar-refractivity contribution < 1.29 is 19.2 Å². The summed E-state index contributed by atoms with van der Waals surface area (Å²) in [6.45, 7) is 6.91. The van der Waals surface area contributed by atoms with Crippen LogP contribution < -0.4 is 15.4 Å². The number of nitro benzene ring substituents is 1. The molecular weight excluding hydrogens is 618 g/mol. The van der Waals surface area contributed by atoms with Crippen LogP contribution >= 0.6 is 12.4 Å². The molecule has 3 aromatic carbocycles. The second-order valence-corrected chi connectivity index (χ2v) is 11.9. The molecule has 1 fully saturated rings. The molecule has 0 aliphatic carbocycles. The molecule has 1 unspecified atom stereocenters. The minimum absolute atomic E-state index is 0. The number of piperidine rings is 1. The molecule has 0 aromatic heterocycles. The zero-order valence-corrected chi connectivity index (χ0v) is 27.8. The number of ether oxygens (including phenoxy) is 1. The van der Waals surface area contributed by atoms with E-state index in [0.717, 1.165) is 68.0 Å². The summed E-state index contributed by atoms with van der Waals surface area (Å²) in [6.07, 6.45) is 4.14. The lowest BCUT2D eigenvalue weighted by Crippen LogP contribution is -2.44. The van der Waals surface area contributed by atoms with Gasteiger partial charge in [-0.05, 0) is 81.6 Å². The van der Waals surface area contributed by atoms with Crippen molar-refractivity contribution in [2.75, 3.05) is 33.3 Å². The van der Waals surface area contributed by atoms with Crippen LogP contribution in [0.3, 0.4) is 0 Å². The van der Waals surface area contributed by atoms with Gasteiger partial charge in [-0.2, -0.15) is 0 Å². The molecule has 2 amide bonds. The highest BCUT2D eigenvalue weighted by Gasteiger charge is 2.38. The van der Waals surface area contributed by atoms with Gasteiger partial charge in [-0.15, -0.1) is 12.4 Å². The van der Waals surface area contributed by atoms with E-state index in [1.807, 2.05) is 26.0 Å². The Labute approximate surface area is 282 Å². The van der Waals surface area contributed by atoms with Crippen molar-refractivity contribution in [1.82, 2.24) is 20.4 Å². The molecule has 0 radical (unpaired) electrons. The first-order valence-electron chi connectivity index (χ1n) is 15.6. The Hall–Kier alpha value is -4.67. The molecule has 11 heteroatoms. The van der Waals surface area contributed by atoms with E-state index < -0.39 is 10.8 Å². The Balaban J connectivity index is 0.00000500. The van der Waals surface area contributed by atoms with E-state index in [9.17, 15) is 19.7 Å². The average molecular weight is 660 g/mol. The molecule has 1 saturated heterocycles. The van der Waals surface area contributed by atoms with Crippen LogP contribution in [0.4, 0.5) is 5.69 Å². The first-order valence-corrected chi connectivity index (χ1v) is 15.6. The van der Waals surface area contributed by atoms with Crippen molar-refractivity contribution in [2.45, 2.75) is 44.4 Å².